The fourth-order valence-electron chi connectivity index (χ4n) is 2.23. The summed E-state index contributed by atoms with van der Waals surface area (Å²) < 4.78 is 5.27. The molecule has 1 aromatic rings. The quantitative estimate of drug-likeness (QED) is 0.865. The lowest BCUT2D eigenvalue weighted by atomic mass is 10.1. The Bertz CT molecular complexity index is 395. The first kappa shape index (κ1) is 12.0. The van der Waals surface area contributed by atoms with Crippen LogP contribution in [0, 0.1) is 0 Å². The van der Waals surface area contributed by atoms with Crippen molar-refractivity contribution in [3.63, 3.8) is 0 Å². The van der Waals surface area contributed by atoms with Crippen LogP contribution in [0.4, 0.5) is 5.69 Å². The number of hydrogen-bond donors (Lipinski definition) is 1. The number of anilines is 1. The van der Waals surface area contributed by atoms with E-state index in [0.29, 0.717) is 6.54 Å². The second kappa shape index (κ2) is 5.73. The van der Waals surface area contributed by atoms with Gasteiger partial charge in [0.05, 0.1) is 7.11 Å². The molecule has 1 fully saturated rings. The van der Waals surface area contributed by atoms with E-state index in [2.05, 4.69) is 23.1 Å². The van der Waals surface area contributed by atoms with Crippen LogP contribution >= 0.6 is 0 Å². The van der Waals surface area contributed by atoms with E-state index in [9.17, 15) is 0 Å². The zero-order valence-electron chi connectivity index (χ0n) is 10.4. The molecule has 1 aromatic carbocycles. The summed E-state index contributed by atoms with van der Waals surface area (Å²) in [4.78, 5) is 2.43. The van der Waals surface area contributed by atoms with Crippen LogP contribution < -0.4 is 15.4 Å². The zero-order valence-corrected chi connectivity index (χ0v) is 10.4. The second-order valence-corrected chi connectivity index (χ2v) is 4.26. The molecule has 0 radical (unpaired) electrons. The number of hydrogen-bond acceptors (Lipinski definition) is 3. The fraction of sp³-hybridized carbons (Fsp3) is 0.429. The highest BCUT2D eigenvalue weighted by Gasteiger charge is 2.15. The first-order valence-electron chi connectivity index (χ1n) is 6.14. The van der Waals surface area contributed by atoms with E-state index in [4.69, 9.17) is 10.5 Å². The third kappa shape index (κ3) is 2.80. The van der Waals surface area contributed by atoms with Crippen molar-refractivity contribution >= 4 is 11.8 Å². The van der Waals surface area contributed by atoms with Gasteiger partial charge in [0.15, 0.2) is 0 Å². The summed E-state index contributed by atoms with van der Waals surface area (Å²) >= 11 is 0. The number of nitrogens with two attached hydrogens (primary N) is 1. The van der Waals surface area contributed by atoms with Crippen molar-refractivity contribution in [1.29, 1.82) is 0 Å². The largest absolute Gasteiger partial charge is 0.497 e. The van der Waals surface area contributed by atoms with Gasteiger partial charge in [-0.05, 0) is 31.0 Å². The van der Waals surface area contributed by atoms with Gasteiger partial charge in [-0.3, -0.25) is 0 Å². The maximum absolute atomic E-state index is 5.52. The van der Waals surface area contributed by atoms with Gasteiger partial charge in [0, 0.05) is 30.9 Å². The molecule has 0 aliphatic carbocycles. The van der Waals surface area contributed by atoms with E-state index >= 15 is 0 Å². The highest BCUT2D eigenvalue weighted by Crippen LogP contribution is 2.29. The molecule has 0 saturated carbocycles. The molecule has 1 saturated heterocycles. The molecule has 0 unspecified atom stereocenters. The van der Waals surface area contributed by atoms with E-state index < -0.39 is 0 Å². The van der Waals surface area contributed by atoms with E-state index in [1.807, 2.05) is 12.1 Å². The normalized spacial score (nSPS) is 15.8. The SMILES string of the molecule is COc1ccc(N2CCCC2)c(/C=C/CN)c1. The Hall–Kier alpha value is -1.48. The molecule has 2 rings (SSSR count). The Morgan fingerprint density at radius 1 is 1.35 bits per heavy atom. The van der Waals surface area contributed by atoms with Gasteiger partial charge < -0.3 is 15.4 Å². The van der Waals surface area contributed by atoms with Gasteiger partial charge in [-0.15, -0.1) is 0 Å². The van der Waals surface area contributed by atoms with Crippen LogP contribution in [0.15, 0.2) is 24.3 Å². The molecule has 1 aliphatic heterocycles. The van der Waals surface area contributed by atoms with Gasteiger partial charge in [-0.25, -0.2) is 0 Å². The molecule has 3 heteroatoms. The summed E-state index contributed by atoms with van der Waals surface area (Å²) in [5.74, 6) is 0.893. The highest BCUT2D eigenvalue weighted by atomic mass is 16.5. The molecule has 0 spiro atoms. The summed E-state index contributed by atoms with van der Waals surface area (Å²) in [6.07, 6.45) is 6.63. The van der Waals surface area contributed by atoms with Crippen molar-refractivity contribution in [3.05, 3.63) is 29.8 Å². The number of rotatable bonds is 4. The van der Waals surface area contributed by atoms with Crippen molar-refractivity contribution in [2.24, 2.45) is 5.73 Å². The predicted octanol–water partition coefficient (Wildman–Crippen LogP) is 2.27. The molecule has 0 amide bonds. The number of ether oxygens (including phenoxy) is 1. The molecule has 0 bridgehead atoms. The average Bonchev–Trinajstić information content (AvgIpc) is 2.89. The van der Waals surface area contributed by atoms with Crippen molar-refractivity contribution in [2.45, 2.75) is 12.8 Å². The average molecular weight is 232 g/mol. The van der Waals surface area contributed by atoms with E-state index in [1.165, 1.54) is 24.1 Å². The van der Waals surface area contributed by atoms with Gasteiger partial charge >= 0.3 is 0 Å². The molecule has 0 aromatic heterocycles. The van der Waals surface area contributed by atoms with Gasteiger partial charge in [0.2, 0.25) is 0 Å². The minimum absolute atomic E-state index is 0.566. The Labute approximate surface area is 103 Å². The molecule has 17 heavy (non-hydrogen) atoms. The lowest BCUT2D eigenvalue weighted by Gasteiger charge is -2.20. The Kier molecular flexibility index (Phi) is 4.04. The van der Waals surface area contributed by atoms with Crippen LogP contribution in [0.3, 0.4) is 0 Å². The fourth-order valence-corrected chi connectivity index (χ4v) is 2.23. The third-order valence-electron chi connectivity index (χ3n) is 3.11. The number of benzene rings is 1. The lowest BCUT2D eigenvalue weighted by molar-refractivity contribution is 0.414. The van der Waals surface area contributed by atoms with Crippen LogP contribution in [0.1, 0.15) is 18.4 Å². The standard InChI is InChI=1S/C14H20N2O/c1-17-13-6-7-14(16-9-2-3-10-16)12(11-13)5-4-8-15/h4-7,11H,2-3,8-10,15H2,1H3/b5-4+. The minimum atomic E-state index is 0.566. The van der Waals surface area contributed by atoms with E-state index in [0.717, 1.165) is 18.8 Å². The second-order valence-electron chi connectivity index (χ2n) is 4.26. The monoisotopic (exact) mass is 232 g/mol. The zero-order chi connectivity index (χ0) is 12.1. The first-order chi connectivity index (χ1) is 8.35. The molecule has 0 atom stereocenters. The highest BCUT2D eigenvalue weighted by molar-refractivity contribution is 5.69. The van der Waals surface area contributed by atoms with Crippen molar-refractivity contribution < 1.29 is 4.74 Å². The van der Waals surface area contributed by atoms with Crippen LogP contribution in [-0.4, -0.2) is 26.7 Å². The van der Waals surface area contributed by atoms with Gasteiger partial charge in [0.1, 0.15) is 5.75 Å². The van der Waals surface area contributed by atoms with Crippen molar-refractivity contribution in [1.82, 2.24) is 0 Å². The van der Waals surface area contributed by atoms with Crippen LogP contribution in [-0.2, 0) is 0 Å². The molecule has 3 nitrogen and oxygen atoms in total. The molecular formula is C14H20N2O. The molecule has 1 heterocycles. The third-order valence-corrected chi connectivity index (χ3v) is 3.11. The van der Waals surface area contributed by atoms with Gasteiger partial charge in [-0.1, -0.05) is 12.2 Å². The molecule has 2 N–H and O–H groups in total. The molecule has 92 valence electrons. The van der Waals surface area contributed by atoms with E-state index in [-0.39, 0.29) is 0 Å². The maximum Gasteiger partial charge on any atom is 0.119 e. The number of methoxy groups -OCH3 is 1. The summed E-state index contributed by atoms with van der Waals surface area (Å²) in [5.41, 5.74) is 8.00. The first-order valence-corrected chi connectivity index (χ1v) is 6.14. The predicted molar refractivity (Wildman–Crippen MR) is 72.5 cm³/mol. The maximum atomic E-state index is 5.52. The van der Waals surface area contributed by atoms with E-state index in [1.54, 1.807) is 7.11 Å². The summed E-state index contributed by atoms with van der Waals surface area (Å²) in [6.45, 7) is 2.86. The molecule has 1 aliphatic rings. The Morgan fingerprint density at radius 3 is 2.76 bits per heavy atom. The number of nitrogens with zero attached hydrogens (tertiary/aromatic N) is 1. The Balaban J connectivity index is 2.31. The summed E-state index contributed by atoms with van der Waals surface area (Å²) in [5, 5.41) is 0. The van der Waals surface area contributed by atoms with Crippen LogP contribution in [0.2, 0.25) is 0 Å². The van der Waals surface area contributed by atoms with Gasteiger partial charge in [-0.2, -0.15) is 0 Å². The Morgan fingerprint density at radius 2 is 2.12 bits per heavy atom. The molecular weight excluding hydrogens is 212 g/mol. The van der Waals surface area contributed by atoms with Crippen LogP contribution in [0.5, 0.6) is 5.75 Å². The summed E-state index contributed by atoms with van der Waals surface area (Å²) in [6, 6.07) is 6.23. The van der Waals surface area contributed by atoms with Crippen molar-refractivity contribution in [3.8, 4) is 5.75 Å². The van der Waals surface area contributed by atoms with Crippen molar-refractivity contribution in [2.75, 3.05) is 31.6 Å². The topological polar surface area (TPSA) is 38.5 Å². The summed E-state index contributed by atoms with van der Waals surface area (Å²) in [7, 11) is 1.70. The van der Waals surface area contributed by atoms with Crippen LogP contribution in [0.25, 0.3) is 6.08 Å². The lowest BCUT2D eigenvalue weighted by Crippen LogP contribution is -2.18. The smallest absolute Gasteiger partial charge is 0.119 e. The van der Waals surface area contributed by atoms with Gasteiger partial charge in [0.25, 0.3) is 0 Å². The minimum Gasteiger partial charge on any atom is -0.497 e.